The fourth-order valence-corrected chi connectivity index (χ4v) is 3.18. The van der Waals surface area contributed by atoms with Crippen LogP contribution >= 0.6 is 0 Å². The minimum atomic E-state index is -2.59. The summed E-state index contributed by atoms with van der Waals surface area (Å²) >= 11 is 0. The second-order valence-corrected chi connectivity index (χ2v) is 5.91. The van der Waals surface area contributed by atoms with E-state index in [1.807, 2.05) is 12.1 Å². The summed E-state index contributed by atoms with van der Waals surface area (Å²) in [5, 5.41) is 3.77. The van der Waals surface area contributed by atoms with Crippen LogP contribution in [0.15, 0.2) is 30.5 Å². The van der Waals surface area contributed by atoms with Crippen molar-refractivity contribution in [2.75, 3.05) is 13.1 Å². The van der Waals surface area contributed by atoms with Gasteiger partial charge in [-0.05, 0) is 50.9 Å². The van der Waals surface area contributed by atoms with Crippen LogP contribution in [0, 0.1) is 6.92 Å². The molecule has 0 spiro atoms. The third kappa shape index (κ3) is 2.77. The van der Waals surface area contributed by atoms with Gasteiger partial charge in [-0.2, -0.15) is 13.9 Å². The van der Waals surface area contributed by atoms with Crippen molar-refractivity contribution in [1.82, 2.24) is 14.7 Å². The van der Waals surface area contributed by atoms with Gasteiger partial charge in [0.15, 0.2) is 0 Å². The molecule has 2 aromatic rings. The topological polar surface area (TPSA) is 21.1 Å². The molecule has 1 fully saturated rings. The number of hydrogen-bond acceptors (Lipinski definition) is 2. The van der Waals surface area contributed by atoms with Crippen molar-refractivity contribution in [3.05, 3.63) is 41.7 Å². The molecule has 1 saturated heterocycles. The maximum absolute atomic E-state index is 12.8. The molecule has 1 aliphatic rings. The molecule has 0 N–H and O–H groups in total. The summed E-state index contributed by atoms with van der Waals surface area (Å²) in [6, 6.07) is 8.60. The molecule has 3 nitrogen and oxygen atoms in total. The van der Waals surface area contributed by atoms with Gasteiger partial charge in [0.2, 0.25) is 0 Å². The lowest BCUT2D eigenvalue weighted by atomic mass is 10.0. The monoisotopic (exact) mass is 305 g/mol. The molecule has 3 rings (SSSR count). The fraction of sp³-hybridized carbons (Fsp3) is 0.471. The number of rotatable bonds is 4. The first kappa shape index (κ1) is 15.2. The van der Waals surface area contributed by atoms with Gasteiger partial charge in [0.1, 0.15) is 0 Å². The smallest absolute Gasteiger partial charge is 0.297 e. The zero-order valence-electron chi connectivity index (χ0n) is 13.0. The Kier molecular flexibility index (Phi) is 4.25. The molecule has 5 heteroatoms. The molecule has 0 amide bonds. The minimum Gasteiger partial charge on any atom is -0.297 e. The van der Waals surface area contributed by atoms with Crippen molar-refractivity contribution in [3.63, 3.8) is 0 Å². The zero-order valence-corrected chi connectivity index (χ0v) is 13.0. The number of aromatic nitrogens is 2. The predicted molar refractivity (Wildman–Crippen MR) is 82.9 cm³/mol. The maximum atomic E-state index is 12.8. The van der Waals surface area contributed by atoms with E-state index < -0.39 is 6.55 Å². The van der Waals surface area contributed by atoms with E-state index in [-0.39, 0.29) is 0 Å². The van der Waals surface area contributed by atoms with Crippen LogP contribution in [0.5, 0.6) is 0 Å². The first-order chi connectivity index (χ1) is 10.6. The Morgan fingerprint density at radius 2 is 1.73 bits per heavy atom. The number of nitrogens with zero attached hydrogens (tertiary/aromatic N) is 3. The van der Waals surface area contributed by atoms with Crippen LogP contribution in [0.25, 0.3) is 11.1 Å². The Hall–Kier alpha value is -1.75. The minimum absolute atomic E-state index is 0.404. The normalized spacial score (nSPS) is 17.3. The summed E-state index contributed by atoms with van der Waals surface area (Å²) < 4.78 is 26.3. The molecule has 1 aliphatic heterocycles. The molecule has 118 valence electrons. The summed E-state index contributed by atoms with van der Waals surface area (Å²) in [6.07, 6.45) is 4.06. The molecule has 0 saturated carbocycles. The van der Waals surface area contributed by atoms with Gasteiger partial charge in [-0.15, -0.1) is 0 Å². The fourth-order valence-electron chi connectivity index (χ4n) is 3.18. The Bertz CT molecular complexity index is 628. The summed E-state index contributed by atoms with van der Waals surface area (Å²) in [6.45, 7) is 3.62. The van der Waals surface area contributed by atoms with Crippen molar-refractivity contribution >= 4 is 0 Å². The Balaban J connectivity index is 1.82. The highest BCUT2D eigenvalue weighted by Gasteiger charge is 2.20. The molecule has 1 atom stereocenters. The van der Waals surface area contributed by atoms with Crippen LogP contribution in [-0.2, 0) is 0 Å². The van der Waals surface area contributed by atoms with Gasteiger partial charge in [-0.3, -0.25) is 4.90 Å². The second kappa shape index (κ2) is 6.16. The number of halogens is 2. The quantitative estimate of drug-likeness (QED) is 0.834. The third-order valence-corrected chi connectivity index (χ3v) is 4.62. The molecule has 0 unspecified atom stereocenters. The van der Waals surface area contributed by atoms with E-state index in [1.165, 1.54) is 24.6 Å². The largest absolute Gasteiger partial charge is 0.333 e. The molecule has 1 aromatic heterocycles. The zero-order chi connectivity index (χ0) is 15.7. The van der Waals surface area contributed by atoms with E-state index in [9.17, 15) is 8.78 Å². The molecule has 0 aliphatic carbocycles. The number of hydrogen-bond donors (Lipinski definition) is 0. The Morgan fingerprint density at radius 3 is 2.27 bits per heavy atom. The summed E-state index contributed by atoms with van der Waals surface area (Å²) in [7, 11) is 0. The highest BCUT2D eigenvalue weighted by atomic mass is 19.3. The molecule has 0 bridgehead atoms. The SMILES string of the molecule is Cc1c(-c2ccc([C@@H](C)N3CCCC3)cc2)cnn1C(F)F. The van der Waals surface area contributed by atoms with Gasteiger partial charge in [0.25, 0.3) is 0 Å². The van der Waals surface area contributed by atoms with Crippen molar-refractivity contribution in [1.29, 1.82) is 0 Å². The van der Waals surface area contributed by atoms with Gasteiger partial charge < -0.3 is 0 Å². The van der Waals surface area contributed by atoms with E-state index in [0.717, 1.165) is 28.9 Å². The Morgan fingerprint density at radius 1 is 1.09 bits per heavy atom. The van der Waals surface area contributed by atoms with E-state index >= 15 is 0 Å². The first-order valence-electron chi connectivity index (χ1n) is 7.74. The number of likely N-dealkylation sites (tertiary alicyclic amines) is 1. The maximum Gasteiger partial charge on any atom is 0.333 e. The predicted octanol–water partition coefficient (Wildman–Crippen LogP) is 4.41. The lowest BCUT2D eigenvalue weighted by molar-refractivity contribution is 0.0545. The highest BCUT2D eigenvalue weighted by Crippen LogP contribution is 2.29. The number of benzene rings is 1. The van der Waals surface area contributed by atoms with Crippen molar-refractivity contribution in [2.45, 2.75) is 39.3 Å². The van der Waals surface area contributed by atoms with Crippen LogP contribution in [0.2, 0.25) is 0 Å². The summed E-state index contributed by atoms with van der Waals surface area (Å²) in [5.41, 5.74) is 3.46. The molecule has 22 heavy (non-hydrogen) atoms. The van der Waals surface area contributed by atoms with Gasteiger partial charge in [-0.1, -0.05) is 24.3 Å². The van der Waals surface area contributed by atoms with Gasteiger partial charge >= 0.3 is 6.55 Å². The average Bonchev–Trinajstić information content (AvgIpc) is 3.16. The first-order valence-corrected chi connectivity index (χ1v) is 7.74. The van der Waals surface area contributed by atoms with E-state index in [4.69, 9.17) is 0 Å². The van der Waals surface area contributed by atoms with Gasteiger partial charge in [-0.25, -0.2) is 4.68 Å². The van der Waals surface area contributed by atoms with Crippen LogP contribution in [0.1, 0.15) is 43.6 Å². The van der Waals surface area contributed by atoms with E-state index in [2.05, 4.69) is 29.1 Å². The third-order valence-electron chi connectivity index (χ3n) is 4.62. The van der Waals surface area contributed by atoms with Crippen LogP contribution < -0.4 is 0 Å². The van der Waals surface area contributed by atoms with Crippen LogP contribution in [-0.4, -0.2) is 27.8 Å². The lowest BCUT2D eigenvalue weighted by Crippen LogP contribution is -2.23. The molecular formula is C17H21F2N3. The van der Waals surface area contributed by atoms with Gasteiger partial charge in [0.05, 0.1) is 6.20 Å². The second-order valence-electron chi connectivity index (χ2n) is 5.91. The molecule has 0 radical (unpaired) electrons. The summed E-state index contributed by atoms with van der Waals surface area (Å²) in [4.78, 5) is 2.48. The number of alkyl halides is 2. The van der Waals surface area contributed by atoms with Crippen LogP contribution in [0.3, 0.4) is 0 Å². The van der Waals surface area contributed by atoms with E-state index in [0.29, 0.717) is 11.7 Å². The van der Waals surface area contributed by atoms with Crippen molar-refractivity contribution < 1.29 is 8.78 Å². The Labute approximate surface area is 129 Å². The molecular weight excluding hydrogens is 284 g/mol. The van der Waals surface area contributed by atoms with Crippen molar-refractivity contribution in [3.8, 4) is 11.1 Å². The highest BCUT2D eigenvalue weighted by molar-refractivity contribution is 5.65. The average molecular weight is 305 g/mol. The lowest BCUT2D eigenvalue weighted by Gasteiger charge is -2.24. The van der Waals surface area contributed by atoms with E-state index in [1.54, 1.807) is 6.92 Å². The van der Waals surface area contributed by atoms with Gasteiger partial charge in [0, 0.05) is 17.3 Å². The summed E-state index contributed by atoms with van der Waals surface area (Å²) in [5.74, 6) is 0. The van der Waals surface area contributed by atoms with Crippen LogP contribution in [0.4, 0.5) is 8.78 Å². The standard InChI is InChI=1S/C17H21F2N3/c1-12(21-9-3-4-10-21)14-5-7-15(8-6-14)16-11-20-22(13(16)2)17(18)19/h5-8,11-12,17H,3-4,9-10H2,1-2H3/t12-/m1/s1. The van der Waals surface area contributed by atoms with Crippen molar-refractivity contribution in [2.24, 2.45) is 0 Å². The molecule has 1 aromatic carbocycles. The molecule has 2 heterocycles.